The van der Waals surface area contributed by atoms with Gasteiger partial charge in [0.25, 0.3) is 0 Å². The van der Waals surface area contributed by atoms with E-state index in [0.29, 0.717) is 0 Å². The van der Waals surface area contributed by atoms with Gasteiger partial charge < -0.3 is 4.74 Å². The van der Waals surface area contributed by atoms with Crippen molar-refractivity contribution in [3.05, 3.63) is 130 Å². The fraction of sp³-hybridized carbons (Fsp3) is 0.463. The minimum Gasteiger partial charge on any atom is -0.378 e. The summed E-state index contributed by atoms with van der Waals surface area (Å²) >= 11 is 0. The summed E-state index contributed by atoms with van der Waals surface area (Å²) in [6, 6.07) is 0. The highest BCUT2D eigenvalue weighted by atomic mass is 16.5. The van der Waals surface area contributed by atoms with Crippen LogP contribution in [0.4, 0.5) is 0 Å². The van der Waals surface area contributed by atoms with Crippen molar-refractivity contribution in [3.63, 3.8) is 0 Å². The molecule has 0 aliphatic carbocycles. The fourth-order valence-electron chi connectivity index (χ4n) is 3.87. The van der Waals surface area contributed by atoms with Crippen LogP contribution in [0, 0.1) is 0 Å². The maximum Gasteiger partial charge on any atom is 0.0657 e. The van der Waals surface area contributed by atoms with Crippen LogP contribution in [0.25, 0.3) is 0 Å². The number of methoxy groups -OCH3 is 1. The van der Waals surface area contributed by atoms with Crippen LogP contribution in [-0.2, 0) is 4.74 Å². The highest BCUT2D eigenvalue weighted by molar-refractivity contribution is 5.30. The van der Waals surface area contributed by atoms with Gasteiger partial charge in [0.05, 0.1) is 5.60 Å². The second-order valence-corrected chi connectivity index (χ2v) is 12.4. The number of allylic oxidation sites excluding steroid dienone is 21. The molecule has 42 heavy (non-hydrogen) atoms. The van der Waals surface area contributed by atoms with Crippen LogP contribution in [0.15, 0.2) is 130 Å². The first kappa shape index (κ1) is 39.1. The molecule has 0 aliphatic rings. The highest BCUT2D eigenvalue weighted by Crippen LogP contribution is 2.15. The van der Waals surface area contributed by atoms with E-state index in [4.69, 9.17) is 4.74 Å². The molecule has 0 heterocycles. The van der Waals surface area contributed by atoms with Crippen molar-refractivity contribution in [1.82, 2.24) is 0 Å². The summed E-state index contributed by atoms with van der Waals surface area (Å²) < 4.78 is 5.47. The molecule has 0 fully saturated rings. The van der Waals surface area contributed by atoms with Gasteiger partial charge in [-0.25, -0.2) is 0 Å². The fourth-order valence-corrected chi connectivity index (χ4v) is 3.87. The summed E-state index contributed by atoms with van der Waals surface area (Å²) in [6.45, 7) is 21.7. The van der Waals surface area contributed by atoms with Crippen molar-refractivity contribution in [1.29, 1.82) is 0 Å². The minimum atomic E-state index is -0.100. The topological polar surface area (TPSA) is 9.23 Å². The summed E-state index contributed by atoms with van der Waals surface area (Å²) in [7, 11) is 1.77. The van der Waals surface area contributed by atoms with Gasteiger partial charge in [-0.2, -0.15) is 0 Å². The lowest BCUT2D eigenvalue weighted by Crippen LogP contribution is -2.20. The second kappa shape index (κ2) is 23.6. The molecule has 0 atom stereocenters. The standard InChI is InChI=1S/C41H62O/c1-34(2)20-14-23-37(5)26-17-29-38(6)27-15-24-35(3)21-12-13-22-36(4)25-16-28-39(7)30-18-31-40(8)32-19-33-41(9,10)42-11/h12-13,15-16,19-22,24-28,31-32H,14,17-18,23,29-30,33H2,1-11H3/b13-12+,24-15-,25-16+,32-19-,35-21+,36-22+,37-26-,38-27-,39-28+,40-31+. The average Bonchev–Trinajstić information content (AvgIpc) is 2.91. The molecule has 0 radical (unpaired) electrons. The molecule has 0 aromatic carbocycles. The van der Waals surface area contributed by atoms with Crippen LogP contribution in [0.2, 0.25) is 0 Å². The molecule has 0 rings (SSSR count). The zero-order valence-corrected chi connectivity index (χ0v) is 29.0. The molecule has 1 nitrogen and oxygen atoms in total. The Morgan fingerprint density at radius 3 is 1.50 bits per heavy atom. The van der Waals surface area contributed by atoms with E-state index < -0.39 is 0 Å². The van der Waals surface area contributed by atoms with E-state index in [0.717, 1.165) is 38.5 Å². The smallest absolute Gasteiger partial charge is 0.0657 e. The zero-order valence-electron chi connectivity index (χ0n) is 29.0. The Morgan fingerprint density at radius 2 is 1.00 bits per heavy atom. The van der Waals surface area contributed by atoms with Crippen LogP contribution < -0.4 is 0 Å². The quantitative estimate of drug-likeness (QED) is 0.111. The first-order valence-corrected chi connectivity index (χ1v) is 15.7. The summed E-state index contributed by atoms with van der Waals surface area (Å²) in [4.78, 5) is 0. The predicted molar refractivity (Wildman–Crippen MR) is 192 cm³/mol. The molecule has 0 unspecified atom stereocenters. The summed E-state index contributed by atoms with van der Waals surface area (Å²) in [5.74, 6) is 0. The van der Waals surface area contributed by atoms with Crippen molar-refractivity contribution >= 4 is 0 Å². The predicted octanol–water partition coefficient (Wildman–Crippen LogP) is 13.0. The Hall–Kier alpha value is -2.90. The van der Waals surface area contributed by atoms with E-state index in [9.17, 15) is 0 Å². The van der Waals surface area contributed by atoms with Gasteiger partial charge in [0.15, 0.2) is 0 Å². The van der Waals surface area contributed by atoms with Gasteiger partial charge in [0.2, 0.25) is 0 Å². The summed E-state index contributed by atoms with van der Waals surface area (Å²) in [5, 5.41) is 0. The third-order valence-corrected chi connectivity index (χ3v) is 6.98. The number of rotatable bonds is 19. The molecule has 0 amide bonds. The van der Waals surface area contributed by atoms with Gasteiger partial charge in [-0.3, -0.25) is 0 Å². The first-order valence-electron chi connectivity index (χ1n) is 15.7. The maximum atomic E-state index is 5.47. The van der Waals surface area contributed by atoms with E-state index in [-0.39, 0.29) is 5.60 Å². The molecule has 0 spiro atoms. The van der Waals surface area contributed by atoms with Crippen molar-refractivity contribution in [2.24, 2.45) is 0 Å². The average molecular weight is 571 g/mol. The normalized spacial score (nSPS) is 15.3. The molecule has 0 aromatic rings. The number of ether oxygens (including phenoxy) is 1. The van der Waals surface area contributed by atoms with Crippen LogP contribution >= 0.6 is 0 Å². The number of hydrogen-bond donors (Lipinski definition) is 0. The van der Waals surface area contributed by atoms with Crippen molar-refractivity contribution in [2.75, 3.05) is 7.11 Å². The molecule has 1 heteroatoms. The Bertz CT molecular complexity index is 1110. The lowest BCUT2D eigenvalue weighted by Gasteiger charge is -2.20. The molecule has 0 N–H and O–H groups in total. The van der Waals surface area contributed by atoms with Crippen LogP contribution in [-0.4, -0.2) is 12.7 Å². The van der Waals surface area contributed by atoms with Crippen LogP contribution in [0.1, 0.15) is 114 Å². The summed E-state index contributed by atoms with van der Waals surface area (Å²) in [5.41, 5.74) is 9.39. The minimum absolute atomic E-state index is 0.100. The van der Waals surface area contributed by atoms with Gasteiger partial charge in [-0.1, -0.05) is 130 Å². The van der Waals surface area contributed by atoms with Crippen molar-refractivity contribution in [3.8, 4) is 0 Å². The molecule has 0 aliphatic heterocycles. The lowest BCUT2D eigenvalue weighted by molar-refractivity contribution is 0.0255. The zero-order chi connectivity index (χ0) is 31.8. The van der Waals surface area contributed by atoms with Crippen LogP contribution in [0.5, 0.6) is 0 Å². The Morgan fingerprint density at radius 1 is 0.524 bits per heavy atom. The molecular weight excluding hydrogens is 508 g/mol. The number of hydrogen-bond acceptors (Lipinski definition) is 1. The molecule has 232 valence electrons. The molecule has 0 aromatic heterocycles. The highest BCUT2D eigenvalue weighted by Gasteiger charge is 2.12. The van der Waals surface area contributed by atoms with Crippen molar-refractivity contribution in [2.45, 2.75) is 120 Å². The largest absolute Gasteiger partial charge is 0.378 e. The van der Waals surface area contributed by atoms with E-state index >= 15 is 0 Å². The molecule has 0 bridgehead atoms. The summed E-state index contributed by atoms with van der Waals surface area (Å²) in [6.07, 6.45) is 40.6. The van der Waals surface area contributed by atoms with Crippen LogP contribution in [0.3, 0.4) is 0 Å². The SMILES string of the molecule is COC(C)(C)C/C=C\C(C)=C\CC/C(C)=C/C=C/C(C)=C/C=C/C=C(C)/C=C\C=C(\C)CC/C=C(/C)CCC=C(C)C. The Balaban J connectivity index is 4.56. The Kier molecular flexibility index (Phi) is 22.0. The maximum absolute atomic E-state index is 5.47. The van der Waals surface area contributed by atoms with Crippen molar-refractivity contribution < 1.29 is 4.74 Å². The van der Waals surface area contributed by atoms with E-state index in [2.05, 4.69) is 160 Å². The van der Waals surface area contributed by atoms with Gasteiger partial charge in [-0.15, -0.1) is 0 Å². The van der Waals surface area contributed by atoms with E-state index in [1.807, 2.05) is 0 Å². The monoisotopic (exact) mass is 570 g/mol. The molecule has 0 saturated heterocycles. The lowest BCUT2D eigenvalue weighted by atomic mass is 10.0. The van der Waals surface area contributed by atoms with E-state index in [1.54, 1.807) is 7.11 Å². The second-order valence-electron chi connectivity index (χ2n) is 12.4. The van der Waals surface area contributed by atoms with Gasteiger partial charge in [0, 0.05) is 7.11 Å². The first-order chi connectivity index (χ1) is 19.8. The van der Waals surface area contributed by atoms with Gasteiger partial charge >= 0.3 is 0 Å². The third-order valence-electron chi connectivity index (χ3n) is 6.98. The third kappa shape index (κ3) is 24.9. The van der Waals surface area contributed by atoms with Gasteiger partial charge in [0.1, 0.15) is 0 Å². The van der Waals surface area contributed by atoms with E-state index in [1.165, 1.54) is 45.4 Å². The molecule has 0 saturated carbocycles. The Labute approximate surface area is 261 Å². The molecular formula is C41H62O. The van der Waals surface area contributed by atoms with Gasteiger partial charge in [-0.05, 0) is 114 Å².